The second-order valence-electron chi connectivity index (χ2n) is 8.07. The second kappa shape index (κ2) is 6.61. The van der Waals surface area contributed by atoms with Crippen LogP contribution in [0.5, 0.6) is 0 Å². The number of aryl methyl sites for hydroxylation is 3. The van der Waals surface area contributed by atoms with Crippen molar-refractivity contribution >= 4 is 33.1 Å². The Morgan fingerprint density at radius 3 is 2.61 bits per heavy atom. The highest BCUT2D eigenvalue weighted by molar-refractivity contribution is 7.91. The molecule has 3 aromatic rings. The van der Waals surface area contributed by atoms with Crippen LogP contribution in [0.2, 0.25) is 0 Å². The van der Waals surface area contributed by atoms with Crippen LogP contribution in [-0.4, -0.2) is 19.0 Å². The first-order valence-electron chi connectivity index (χ1n) is 9.56. The Kier molecular flexibility index (Phi) is 4.60. The molecule has 1 N–H and O–H groups in total. The molecule has 2 atom stereocenters. The molecule has 0 aliphatic carbocycles. The quantitative estimate of drug-likeness (QED) is 0.673. The minimum absolute atomic E-state index is 0. The summed E-state index contributed by atoms with van der Waals surface area (Å²) in [4.78, 5) is 0.761. The zero-order valence-electron chi connectivity index (χ0n) is 16.3. The number of sulfone groups is 1. The molecule has 2 unspecified atom stereocenters. The third-order valence-corrected chi connectivity index (χ3v) is 7.99. The number of nitrogens with zero attached hydrogens (tertiary/aromatic N) is 1. The molecule has 2 aromatic carbocycles. The standard InChI is InChI=1S/C22H24N2O2S.ClH/c1-13-5-4-6-16(9-13)27(25,26)17-10-14(2)22-18(12-17)21-19-8-7-15(23-19)11-20(21)24(22)3;/h4-6,9-10,12,15,19,23H,7-8,11H2,1-3H3;1H. The molecule has 1 aromatic heterocycles. The van der Waals surface area contributed by atoms with Gasteiger partial charge in [0.1, 0.15) is 0 Å². The van der Waals surface area contributed by atoms with Crippen molar-refractivity contribution in [2.24, 2.45) is 7.05 Å². The van der Waals surface area contributed by atoms with Crippen LogP contribution in [-0.2, 0) is 23.3 Å². The number of nitrogens with one attached hydrogen (secondary N) is 1. The summed E-state index contributed by atoms with van der Waals surface area (Å²) in [6.45, 7) is 3.94. The number of hydrogen-bond donors (Lipinski definition) is 1. The van der Waals surface area contributed by atoms with Crippen LogP contribution in [0.4, 0.5) is 0 Å². The predicted octanol–water partition coefficient (Wildman–Crippen LogP) is 4.40. The molecule has 2 aliphatic heterocycles. The minimum Gasteiger partial charge on any atom is -0.347 e. The van der Waals surface area contributed by atoms with Gasteiger partial charge in [-0.1, -0.05) is 12.1 Å². The van der Waals surface area contributed by atoms with Gasteiger partial charge in [-0.15, -0.1) is 12.4 Å². The van der Waals surface area contributed by atoms with Crippen molar-refractivity contribution in [2.75, 3.05) is 0 Å². The summed E-state index contributed by atoms with van der Waals surface area (Å²) in [5.41, 5.74) is 5.81. The van der Waals surface area contributed by atoms with E-state index in [4.69, 9.17) is 0 Å². The topological polar surface area (TPSA) is 51.1 Å². The molecule has 0 saturated carbocycles. The molecule has 5 rings (SSSR count). The van der Waals surface area contributed by atoms with E-state index in [0.717, 1.165) is 34.9 Å². The molecule has 28 heavy (non-hydrogen) atoms. The maximum absolute atomic E-state index is 13.3. The number of benzene rings is 2. The van der Waals surface area contributed by atoms with Gasteiger partial charge in [-0.25, -0.2) is 8.42 Å². The molecule has 2 bridgehead atoms. The number of hydrogen-bond acceptors (Lipinski definition) is 3. The zero-order chi connectivity index (χ0) is 18.9. The van der Waals surface area contributed by atoms with Gasteiger partial charge in [-0.2, -0.15) is 0 Å². The van der Waals surface area contributed by atoms with Crippen molar-refractivity contribution in [1.82, 2.24) is 9.88 Å². The fourth-order valence-electron chi connectivity index (χ4n) is 5.02. The predicted molar refractivity (Wildman–Crippen MR) is 114 cm³/mol. The number of rotatable bonds is 2. The summed E-state index contributed by atoms with van der Waals surface area (Å²) in [5.74, 6) is 0. The summed E-state index contributed by atoms with van der Waals surface area (Å²) in [6.07, 6.45) is 3.35. The van der Waals surface area contributed by atoms with Crippen LogP contribution in [0.25, 0.3) is 10.9 Å². The van der Waals surface area contributed by atoms with Crippen molar-refractivity contribution in [3.05, 3.63) is 58.8 Å². The van der Waals surface area contributed by atoms with E-state index in [0.29, 0.717) is 21.9 Å². The number of halogens is 1. The van der Waals surface area contributed by atoms with Crippen molar-refractivity contribution < 1.29 is 8.42 Å². The van der Waals surface area contributed by atoms with Gasteiger partial charge in [-0.05, 0) is 67.6 Å². The van der Waals surface area contributed by atoms with Gasteiger partial charge in [0.15, 0.2) is 0 Å². The van der Waals surface area contributed by atoms with Crippen LogP contribution in [0.1, 0.15) is 41.3 Å². The molecular formula is C22H25ClN2O2S. The lowest BCUT2D eigenvalue weighted by atomic mass is 9.98. The first-order chi connectivity index (χ1) is 12.9. The van der Waals surface area contributed by atoms with Gasteiger partial charge in [0.25, 0.3) is 0 Å². The Morgan fingerprint density at radius 2 is 1.86 bits per heavy atom. The van der Waals surface area contributed by atoms with Crippen LogP contribution >= 0.6 is 12.4 Å². The van der Waals surface area contributed by atoms with E-state index < -0.39 is 9.84 Å². The summed E-state index contributed by atoms with van der Waals surface area (Å²) in [6, 6.07) is 11.8. The summed E-state index contributed by atoms with van der Waals surface area (Å²) in [5, 5.41) is 4.80. The highest BCUT2D eigenvalue weighted by Gasteiger charge is 2.36. The molecule has 3 heterocycles. The Hall–Kier alpha value is -1.82. The Labute approximate surface area is 172 Å². The molecule has 1 saturated heterocycles. The molecule has 0 spiro atoms. The molecule has 6 heteroatoms. The van der Waals surface area contributed by atoms with Gasteiger partial charge in [0.2, 0.25) is 9.84 Å². The molecular weight excluding hydrogens is 392 g/mol. The van der Waals surface area contributed by atoms with Gasteiger partial charge in [0.05, 0.1) is 15.3 Å². The number of aromatic nitrogens is 1. The fraction of sp³-hybridized carbons (Fsp3) is 0.364. The first kappa shape index (κ1) is 19.5. The smallest absolute Gasteiger partial charge is 0.206 e. The average Bonchev–Trinajstić information content (AvgIpc) is 3.14. The van der Waals surface area contributed by atoms with Crippen LogP contribution in [0.15, 0.2) is 46.2 Å². The van der Waals surface area contributed by atoms with Gasteiger partial charge in [0, 0.05) is 36.6 Å². The largest absolute Gasteiger partial charge is 0.347 e. The summed E-state index contributed by atoms with van der Waals surface area (Å²) >= 11 is 0. The lowest BCUT2D eigenvalue weighted by molar-refractivity contribution is 0.503. The van der Waals surface area contributed by atoms with E-state index in [2.05, 4.69) is 16.9 Å². The normalized spacial score (nSPS) is 20.8. The minimum atomic E-state index is -3.54. The van der Waals surface area contributed by atoms with Crippen molar-refractivity contribution in [3.63, 3.8) is 0 Å². The van der Waals surface area contributed by atoms with Crippen molar-refractivity contribution in [2.45, 2.75) is 55.0 Å². The van der Waals surface area contributed by atoms with Gasteiger partial charge in [-0.3, -0.25) is 0 Å². The Bertz CT molecular complexity index is 1200. The SMILES string of the molecule is Cc1cccc(S(=O)(=O)c2cc(C)c3c(c2)c2c(n3C)CC3CCC2N3)c1.Cl. The molecule has 4 nitrogen and oxygen atoms in total. The monoisotopic (exact) mass is 416 g/mol. The summed E-state index contributed by atoms with van der Waals surface area (Å²) < 4.78 is 28.9. The molecule has 0 amide bonds. The van der Waals surface area contributed by atoms with Crippen molar-refractivity contribution in [3.8, 4) is 0 Å². The van der Waals surface area contributed by atoms with Crippen LogP contribution < -0.4 is 5.32 Å². The van der Waals surface area contributed by atoms with E-state index in [9.17, 15) is 8.42 Å². The average molecular weight is 417 g/mol. The lowest BCUT2D eigenvalue weighted by Crippen LogP contribution is -2.32. The highest BCUT2D eigenvalue weighted by atomic mass is 35.5. The van der Waals surface area contributed by atoms with E-state index in [1.807, 2.05) is 32.0 Å². The fourth-order valence-corrected chi connectivity index (χ4v) is 6.49. The zero-order valence-corrected chi connectivity index (χ0v) is 18.0. The molecule has 2 aliphatic rings. The van der Waals surface area contributed by atoms with Crippen molar-refractivity contribution in [1.29, 1.82) is 0 Å². The Balaban J connectivity index is 0.00000192. The first-order valence-corrected chi connectivity index (χ1v) is 11.0. The maximum Gasteiger partial charge on any atom is 0.206 e. The molecule has 1 fully saturated rings. The van der Waals surface area contributed by atoms with Crippen LogP contribution in [0, 0.1) is 13.8 Å². The Morgan fingerprint density at radius 1 is 1.07 bits per heavy atom. The third-order valence-electron chi connectivity index (χ3n) is 6.25. The second-order valence-corrected chi connectivity index (χ2v) is 10.0. The highest BCUT2D eigenvalue weighted by Crippen LogP contribution is 2.43. The van der Waals surface area contributed by atoms with E-state index in [1.165, 1.54) is 17.7 Å². The summed E-state index contributed by atoms with van der Waals surface area (Å²) in [7, 11) is -1.42. The van der Waals surface area contributed by atoms with E-state index in [-0.39, 0.29) is 12.4 Å². The maximum atomic E-state index is 13.3. The lowest BCUT2D eigenvalue weighted by Gasteiger charge is -2.23. The van der Waals surface area contributed by atoms with Gasteiger partial charge >= 0.3 is 0 Å². The van der Waals surface area contributed by atoms with Gasteiger partial charge < -0.3 is 9.88 Å². The van der Waals surface area contributed by atoms with E-state index >= 15 is 0 Å². The third kappa shape index (κ3) is 2.71. The molecule has 148 valence electrons. The molecule has 0 radical (unpaired) electrons. The number of fused-ring (bicyclic) bond motifs is 6. The van der Waals surface area contributed by atoms with E-state index in [1.54, 1.807) is 18.2 Å². The van der Waals surface area contributed by atoms with Crippen LogP contribution in [0.3, 0.4) is 0 Å².